The number of rotatable bonds is 6. The summed E-state index contributed by atoms with van der Waals surface area (Å²) in [5, 5.41) is 6.87. The third-order valence-electron chi connectivity index (χ3n) is 4.34. The highest BCUT2D eigenvalue weighted by Crippen LogP contribution is 2.31. The zero-order valence-electron chi connectivity index (χ0n) is 17.1. The van der Waals surface area contributed by atoms with Crippen LogP contribution in [0.4, 0.5) is 23.2 Å². The van der Waals surface area contributed by atoms with Crippen LogP contribution in [0, 0.1) is 5.82 Å². The van der Waals surface area contributed by atoms with E-state index in [1.165, 1.54) is 6.07 Å². The third-order valence-corrected chi connectivity index (χ3v) is 4.86. The maximum atomic E-state index is 13.7. The fourth-order valence-corrected chi connectivity index (χ4v) is 2.96. The monoisotopic (exact) mass is 496 g/mol. The van der Waals surface area contributed by atoms with Crippen LogP contribution in [0.5, 0.6) is 5.75 Å². The summed E-state index contributed by atoms with van der Waals surface area (Å²) in [7, 11) is 0. The van der Waals surface area contributed by atoms with Gasteiger partial charge in [0.1, 0.15) is 18.2 Å². The van der Waals surface area contributed by atoms with Gasteiger partial charge in [0.05, 0.1) is 27.7 Å². The maximum absolute atomic E-state index is 13.7. The molecule has 0 atom stereocenters. The number of ether oxygens (including phenoxy) is 1. The standard InChI is InChI=1S/C22H17ClF4N4OS/c1-13(30-31-21(33)29-19-5-3-2-4-18(19)24)14-6-8-16(9-7-14)32-12-20-17(23)10-15(11-28-20)22(25,26)27/h2-11H,12H2,1H3,(H2,29,31,33)/b30-13+. The normalized spacial score (nSPS) is 11.8. The summed E-state index contributed by atoms with van der Waals surface area (Å²) < 4.78 is 57.3. The van der Waals surface area contributed by atoms with E-state index >= 15 is 0 Å². The number of benzene rings is 2. The lowest BCUT2D eigenvalue weighted by Gasteiger charge is -2.11. The van der Waals surface area contributed by atoms with Crippen molar-refractivity contribution < 1.29 is 22.3 Å². The second-order valence-corrected chi connectivity index (χ2v) is 7.52. The van der Waals surface area contributed by atoms with Gasteiger partial charge >= 0.3 is 6.18 Å². The van der Waals surface area contributed by atoms with E-state index in [1.54, 1.807) is 49.4 Å². The summed E-state index contributed by atoms with van der Waals surface area (Å²) in [5.41, 5.74) is 3.50. The maximum Gasteiger partial charge on any atom is 0.417 e. The number of nitrogens with one attached hydrogen (secondary N) is 2. The minimum absolute atomic E-state index is 0.0963. The molecule has 0 aliphatic heterocycles. The topological polar surface area (TPSA) is 58.5 Å². The molecule has 0 spiro atoms. The predicted molar refractivity (Wildman–Crippen MR) is 123 cm³/mol. The molecular formula is C22H17ClF4N4OS. The van der Waals surface area contributed by atoms with E-state index in [-0.39, 0.29) is 28.1 Å². The Morgan fingerprint density at radius 2 is 1.85 bits per heavy atom. The molecule has 0 saturated carbocycles. The smallest absolute Gasteiger partial charge is 0.417 e. The Hall–Kier alpha value is -3.24. The number of hydrogen-bond donors (Lipinski definition) is 2. The first kappa shape index (κ1) is 24.4. The van der Waals surface area contributed by atoms with Crippen LogP contribution in [0.2, 0.25) is 5.02 Å². The number of hydrazone groups is 1. The van der Waals surface area contributed by atoms with Gasteiger partial charge in [0, 0.05) is 6.20 Å². The first-order valence-electron chi connectivity index (χ1n) is 9.44. The highest BCUT2D eigenvalue weighted by Gasteiger charge is 2.31. The van der Waals surface area contributed by atoms with E-state index in [2.05, 4.69) is 20.8 Å². The molecule has 0 bridgehead atoms. The number of para-hydroxylation sites is 1. The number of aromatic nitrogens is 1. The number of pyridine rings is 1. The van der Waals surface area contributed by atoms with E-state index in [4.69, 9.17) is 28.6 Å². The van der Waals surface area contributed by atoms with Crippen LogP contribution in [0.3, 0.4) is 0 Å². The minimum atomic E-state index is -4.52. The second kappa shape index (κ2) is 10.6. The predicted octanol–water partition coefficient (Wildman–Crippen LogP) is 6.18. The largest absolute Gasteiger partial charge is 0.487 e. The van der Waals surface area contributed by atoms with E-state index in [0.29, 0.717) is 17.7 Å². The second-order valence-electron chi connectivity index (χ2n) is 6.71. The van der Waals surface area contributed by atoms with Crippen LogP contribution in [0.25, 0.3) is 0 Å². The van der Waals surface area contributed by atoms with E-state index in [9.17, 15) is 17.6 Å². The molecule has 0 saturated heterocycles. The highest BCUT2D eigenvalue weighted by molar-refractivity contribution is 7.80. The molecule has 0 aliphatic rings. The van der Waals surface area contributed by atoms with Crippen molar-refractivity contribution in [2.24, 2.45) is 5.10 Å². The average Bonchev–Trinajstić information content (AvgIpc) is 2.78. The molecular weight excluding hydrogens is 480 g/mol. The van der Waals surface area contributed by atoms with E-state index < -0.39 is 17.6 Å². The van der Waals surface area contributed by atoms with Gasteiger partial charge in [-0.1, -0.05) is 23.7 Å². The van der Waals surface area contributed by atoms with Gasteiger partial charge in [-0.3, -0.25) is 10.4 Å². The lowest BCUT2D eigenvalue weighted by atomic mass is 10.1. The minimum Gasteiger partial charge on any atom is -0.487 e. The van der Waals surface area contributed by atoms with Crippen LogP contribution >= 0.6 is 23.8 Å². The molecule has 3 rings (SSSR count). The van der Waals surface area contributed by atoms with Gasteiger partial charge < -0.3 is 10.1 Å². The quantitative estimate of drug-likeness (QED) is 0.185. The number of halogens is 5. The van der Waals surface area contributed by atoms with Crippen molar-refractivity contribution in [1.29, 1.82) is 0 Å². The molecule has 0 unspecified atom stereocenters. The van der Waals surface area contributed by atoms with Crippen LogP contribution in [-0.2, 0) is 12.8 Å². The highest BCUT2D eigenvalue weighted by atomic mass is 35.5. The lowest BCUT2D eigenvalue weighted by molar-refractivity contribution is -0.137. The summed E-state index contributed by atoms with van der Waals surface area (Å²) in [5.74, 6) is 0.0275. The zero-order valence-corrected chi connectivity index (χ0v) is 18.7. The zero-order chi connectivity index (χ0) is 24.0. The Labute approximate surface area is 197 Å². The fourth-order valence-electron chi connectivity index (χ4n) is 2.58. The Morgan fingerprint density at radius 1 is 1.15 bits per heavy atom. The molecule has 1 heterocycles. The molecule has 0 fully saturated rings. The Kier molecular flexibility index (Phi) is 7.83. The van der Waals surface area contributed by atoms with Gasteiger partial charge in [-0.05, 0) is 67.2 Å². The van der Waals surface area contributed by atoms with Gasteiger partial charge in [-0.25, -0.2) is 4.39 Å². The van der Waals surface area contributed by atoms with Gasteiger partial charge in [-0.2, -0.15) is 18.3 Å². The van der Waals surface area contributed by atoms with Gasteiger partial charge in [0.15, 0.2) is 5.11 Å². The summed E-state index contributed by atoms with van der Waals surface area (Å²) in [6.07, 6.45) is -3.80. The SMILES string of the molecule is C/C(=N\NC(=S)Nc1ccccc1F)c1ccc(OCc2ncc(C(F)(F)F)cc2Cl)cc1. The number of nitrogens with zero attached hydrogens (tertiary/aromatic N) is 2. The van der Waals surface area contributed by atoms with Crippen molar-refractivity contribution in [2.45, 2.75) is 19.7 Å². The van der Waals surface area contributed by atoms with Crippen LogP contribution in [0.15, 0.2) is 65.9 Å². The molecule has 33 heavy (non-hydrogen) atoms. The van der Waals surface area contributed by atoms with Crippen molar-refractivity contribution in [3.8, 4) is 5.75 Å². The van der Waals surface area contributed by atoms with Crippen LogP contribution in [-0.4, -0.2) is 15.8 Å². The molecule has 3 aromatic rings. The molecule has 0 radical (unpaired) electrons. The third kappa shape index (κ3) is 6.87. The van der Waals surface area contributed by atoms with Crippen molar-refractivity contribution in [1.82, 2.24) is 10.4 Å². The van der Waals surface area contributed by atoms with E-state index in [0.717, 1.165) is 11.6 Å². The first-order valence-corrected chi connectivity index (χ1v) is 10.2. The first-order chi connectivity index (χ1) is 15.6. The molecule has 0 amide bonds. The van der Waals surface area contributed by atoms with Crippen LogP contribution < -0.4 is 15.5 Å². The fraction of sp³-hybridized carbons (Fsp3) is 0.136. The Morgan fingerprint density at radius 3 is 2.48 bits per heavy atom. The Bertz CT molecular complexity index is 1170. The molecule has 2 N–H and O–H groups in total. The summed E-state index contributed by atoms with van der Waals surface area (Å²) >= 11 is 11.0. The van der Waals surface area contributed by atoms with Gasteiger partial charge in [0.2, 0.25) is 0 Å². The van der Waals surface area contributed by atoms with Crippen molar-refractivity contribution >= 4 is 40.3 Å². The van der Waals surface area contributed by atoms with Crippen molar-refractivity contribution in [3.05, 3.63) is 88.5 Å². The summed E-state index contributed by atoms with van der Waals surface area (Å²) in [6.45, 7) is 1.65. The summed E-state index contributed by atoms with van der Waals surface area (Å²) in [6, 6.07) is 13.7. The number of thiocarbonyl (C=S) groups is 1. The molecule has 1 aromatic heterocycles. The lowest BCUT2D eigenvalue weighted by Crippen LogP contribution is -2.25. The van der Waals surface area contributed by atoms with Crippen molar-refractivity contribution in [3.63, 3.8) is 0 Å². The molecule has 11 heteroatoms. The average molecular weight is 497 g/mol. The molecule has 172 valence electrons. The summed E-state index contributed by atoms with van der Waals surface area (Å²) in [4.78, 5) is 3.74. The molecule has 2 aromatic carbocycles. The van der Waals surface area contributed by atoms with E-state index in [1.807, 2.05) is 0 Å². The molecule has 0 aliphatic carbocycles. The van der Waals surface area contributed by atoms with Crippen molar-refractivity contribution in [2.75, 3.05) is 5.32 Å². The number of anilines is 1. The van der Waals surface area contributed by atoms with Crippen LogP contribution in [0.1, 0.15) is 23.7 Å². The van der Waals surface area contributed by atoms with Gasteiger partial charge in [-0.15, -0.1) is 0 Å². The number of alkyl halides is 3. The molecule has 5 nitrogen and oxygen atoms in total. The Balaban J connectivity index is 1.56. The van der Waals surface area contributed by atoms with Gasteiger partial charge in [0.25, 0.3) is 0 Å². The number of hydrogen-bond acceptors (Lipinski definition) is 4.